The summed E-state index contributed by atoms with van der Waals surface area (Å²) in [6.07, 6.45) is 0.737. The van der Waals surface area contributed by atoms with Crippen LogP contribution in [0.25, 0.3) is 11.4 Å². The van der Waals surface area contributed by atoms with Crippen LogP contribution in [-0.4, -0.2) is 29.8 Å². The maximum atomic E-state index is 5.23. The van der Waals surface area contributed by atoms with Crippen molar-refractivity contribution in [3.8, 4) is 17.1 Å². The van der Waals surface area contributed by atoms with E-state index in [9.17, 15) is 0 Å². The van der Waals surface area contributed by atoms with E-state index in [1.54, 1.807) is 7.11 Å². The zero-order valence-corrected chi connectivity index (χ0v) is 11.5. The monoisotopic (exact) mass is 261 g/mol. The molecule has 0 aliphatic heterocycles. The fourth-order valence-electron chi connectivity index (χ4n) is 1.68. The van der Waals surface area contributed by atoms with Crippen molar-refractivity contribution in [3.63, 3.8) is 0 Å². The highest BCUT2D eigenvalue weighted by atomic mass is 16.5. The van der Waals surface area contributed by atoms with Gasteiger partial charge in [-0.1, -0.05) is 19.0 Å². The Morgan fingerprint density at radius 2 is 2.00 bits per heavy atom. The molecule has 0 saturated carbocycles. The van der Waals surface area contributed by atoms with Gasteiger partial charge in [0.25, 0.3) is 0 Å². The standard InChI is InChI=1S/C14H19N3O2/c1-10(2)15-9-8-13-16-14(17-19-13)11-4-6-12(18-3)7-5-11/h4-7,10,15H,8-9H2,1-3H3. The molecule has 2 aromatic rings. The molecule has 5 nitrogen and oxygen atoms in total. The first kappa shape index (κ1) is 13.5. The van der Waals surface area contributed by atoms with E-state index < -0.39 is 0 Å². The lowest BCUT2D eigenvalue weighted by Crippen LogP contribution is -2.25. The quantitative estimate of drug-likeness (QED) is 0.864. The Bertz CT molecular complexity index is 506. The molecular formula is C14H19N3O2. The van der Waals surface area contributed by atoms with E-state index in [1.807, 2.05) is 24.3 Å². The summed E-state index contributed by atoms with van der Waals surface area (Å²) >= 11 is 0. The summed E-state index contributed by atoms with van der Waals surface area (Å²) in [4.78, 5) is 4.37. The summed E-state index contributed by atoms with van der Waals surface area (Å²) in [5.41, 5.74) is 0.924. The van der Waals surface area contributed by atoms with Crippen molar-refractivity contribution in [3.05, 3.63) is 30.2 Å². The van der Waals surface area contributed by atoms with Crippen molar-refractivity contribution in [2.75, 3.05) is 13.7 Å². The molecule has 0 spiro atoms. The molecule has 5 heteroatoms. The first-order chi connectivity index (χ1) is 9.19. The number of hydrogen-bond acceptors (Lipinski definition) is 5. The Balaban J connectivity index is 1.99. The third kappa shape index (κ3) is 3.79. The number of nitrogens with zero attached hydrogens (tertiary/aromatic N) is 2. The van der Waals surface area contributed by atoms with E-state index in [4.69, 9.17) is 9.26 Å². The maximum absolute atomic E-state index is 5.23. The molecule has 0 bridgehead atoms. The molecule has 0 aliphatic carbocycles. The van der Waals surface area contributed by atoms with Crippen LogP contribution in [0.3, 0.4) is 0 Å². The van der Waals surface area contributed by atoms with E-state index in [2.05, 4.69) is 29.3 Å². The van der Waals surface area contributed by atoms with Crippen molar-refractivity contribution < 1.29 is 9.26 Å². The number of rotatable bonds is 6. The van der Waals surface area contributed by atoms with Gasteiger partial charge in [-0.2, -0.15) is 4.98 Å². The minimum atomic E-state index is 0.462. The first-order valence-electron chi connectivity index (χ1n) is 6.39. The Morgan fingerprint density at radius 3 is 2.63 bits per heavy atom. The van der Waals surface area contributed by atoms with Gasteiger partial charge < -0.3 is 14.6 Å². The van der Waals surface area contributed by atoms with Gasteiger partial charge in [0, 0.05) is 24.6 Å². The van der Waals surface area contributed by atoms with Gasteiger partial charge in [-0.15, -0.1) is 0 Å². The number of benzene rings is 1. The predicted molar refractivity (Wildman–Crippen MR) is 73.1 cm³/mol. The number of hydrogen-bond donors (Lipinski definition) is 1. The topological polar surface area (TPSA) is 60.2 Å². The van der Waals surface area contributed by atoms with Crippen LogP contribution in [0.1, 0.15) is 19.7 Å². The van der Waals surface area contributed by atoms with Crippen LogP contribution in [0.4, 0.5) is 0 Å². The highest BCUT2D eigenvalue weighted by Gasteiger charge is 2.08. The Kier molecular flexibility index (Phi) is 4.52. The van der Waals surface area contributed by atoms with Crippen LogP contribution in [0.2, 0.25) is 0 Å². The van der Waals surface area contributed by atoms with Crippen LogP contribution in [0.15, 0.2) is 28.8 Å². The van der Waals surface area contributed by atoms with Gasteiger partial charge in [-0.25, -0.2) is 0 Å². The molecule has 0 radical (unpaired) electrons. The van der Waals surface area contributed by atoms with Crippen LogP contribution in [0.5, 0.6) is 5.75 Å². The highest BCUT2D eigenvalue weighted by molar-refractivity contribution is 5.55. The lowest BCUT2D eigenvalue weighted by Gasteiger charge is -2.04. The molecule has 0 atom stereocenters. The van der Waals surface area contributed by atoms with Crippen LogP contribution >= 0.6 is 0 Å². The van der Waals surface area contributed by atoms with E-state index in [0.29, 0.717) is 17.8 Å². The number of ether oxygens (including phenoxy) is 1. The third-order valence-electron chi connectivity index (χ3n) is 2.71. The number of aromatic nitrogens is 2. The molecule has 1 N–H and O–H groups in total. The average Bonchev–Trinajstić information content (AvgIpc) is 2.87. The Morgan fingerprint density at radius 1 is 1.26 bits per heavy atom. The van der Waals surface area contributed by atoms with Gasteiger partial charge in [0.2, 0.25) is 11.7 Å². The molecular weight excluding hydrogens is 242 g/mol. The summed E-state index contributed by atoms with van der Waals surface area (Å²) < 4.78 is 10.3. The lowest BCUT2D eigenvalue weighted by atomic mass is 10.2. The molecule has 0 fully saturated rings. The van der Waals surface area contributed by atoms with Gasteiger partial charge in [0.1, 0.15) is 5.75 Å². The summed E-state index contributed by atoms with van der Waals surface area (Å²) in [7, 11) is 1.64. The van der Waals surface area contributed by atoms with E-state index in [1.165, 1.54) is 0 Å². The second kappa shape index (κ2) is 6.33. The number of nitrogens with one attached hydrogen (secondary N) is 1. The van der Waals surface area contributed by atoms with E-state index in [0.717, 1.165) is 24.3 Å². The molecule has 1 aromatic heterocycles. The molecule has 1 aromatic carbocycles. The normalized spacial score (nSPS) is 10.9. The van der Waals surface area contributed by atoms with Gasteiger partial charge in [0.15, 0.2) is 0 Å². The van der Waals surface area contributed by atoms with Crippen molar-refractivity contribution >= 4 is 0 Å². The van der Waals surface area contributed by atoms with E-state index in [-0.39, 0.29) is 0 Å². The lowest BCUT2D eigenvalue weighted by molar-refractivity contribution is 0.374. The fraction of sp³-hybridized carbons (Fsp3) is 0.429. The Labute approximate surface area is 113 Å². The van der Waals surface area contributed by atoms with Crippen LogP contribution in [0, 0.1) is 0 Å². The maximum Gasteiger partial charge on any atom is 0.228 e. The van der Waals surface area contributed by atoms with Crippen molar-refractivity contribution in [1.82, 2.24) is 15.5 Å². The summed E-state index contributed by atoms with van der Waals surface area (Å²) in [6.45, 7) is 5.05. The summed E-state index contributed by atoms with van der Waals surface area (Å²) in [5, 5.41) is 7.30. The zero-order valence-electron chi connectivity index (χ0n) is 11.5. The van der Waals surface area contributed by atoms with Crippen molar-refractivity contribution in [2.45, 2.75) is 26.3 Å². The van der Waals surface area contributed by atoms with Crippen LogP contribution in [-0.2, 0) is 6.42 Å². The predicted octanol–water partition coefficient (Wildman–Crippen LogP) is 2.29. The number of methoxy groups -OCH3 is 1. The minimum absolute atomic E-state index is 0.462. The van der Waals surface area contributed by atoms with Gasteiger partial charge in [-0.05, 0) is 24.3 Å². The molecule has 0 saturated heterocycles. The van der Waals surface area contributed by atoms with Gasteiger partial charge in [-0.3, -0.25) is 0 Å². The second-order valence-corrected chi connectivity index (χ2v) is 4.60. The molecule has 0 amide bonds. The van der Waals surface area contributed by atoms with Gasteiger partial charge in [0.05, 0.1) is 7.11 Å². The van der Waals surface area contributed by atoms with Crippen LogP contribution < -0.4 is 10.1 Å². The largest absolute Gasteiger partial charge is 0.497 e. The SMILES string of the molecule is COc1ccc(-c2noc(CCNC(C)C)n2)cc1. The zero-order chi connectivity index (χ0) is 13.7. The minimum Gasteiger partial charge on any atom is -0.497 e. The van der Waals surface area contributed by atoms with Crippen molar-refractivity contribution in [1.29, 1.82) is 0 Å². The summed E-state index contributed by atoms with van der Waals surface area (Å²) in [5.74, 6) is 2.08. The highest BCUT2D eigenvalue weighted by Crippen LogP contribution is 2.19. The summed E-state index contributed by atoms with van der Waals surface area (Å²) in [6, 6.07) is 8.06. The molecule has 19 heavy (non-hydrogen) atoms. The van der Waals surface area contributed by atoms with Gasteiger partial charge >= 0.3 is 0 Å². The molecule has 0 aliphatic rings. The molecule has 1 heterocycles. The third-order valence-corrected chi connectivity index (χ3v) is 2.71. The Hall–Kier alpha value is -1.88. The molecule has 0 unspecified atom stereocenters. The molecule has 2 rings (SSSR count). The van der Waals surface area contributed by atoms with Crippen molar-refractivity contribution in [2.24, 2.45) is 0 Å². The fourth-order valence-corrected chi connectivity index (χ4v) is 1.68. The first-order valence-corrected chi connectivity index (χ1v) is 6.39. The average molecular weight is 261 g/mol. The smallest absolute Gasteiger partial charge is 0.228 e. The second-order valence-electron chi connectivity index (χ2n) is 4.60. The van der Waals surface area contributed by atoms with E-state index >= 15 is 0 Å². The molecule has 102 valence electrons.